The lowest BCUT2D eigenvalue weighted by atomic mass is 9.76. The molecule has 2 aromatic heterocycles. The summed E-state index contributed by atoms with van der Waals surface area (Å²) in [7, 11) is 1.87. The molecule has 30 heavy (non-hydrogen) atoms. The van der Waals surface area contributed by atoms with E-state index in [0.29, 0.717) is 18.6 Å². The highest BCUT2D eigenvalue weighted by Crippen LogP contribution is 2.38. The van der Waals surface area contributed by atoms with Gasteiger partial charge < -0.3 is 14.6 Å². The van der Waals surface area contributed by atoms with Crippen molar-refractivity contribution in [1.29, 1.82) is 0 Å². The molecule has 0 radical (unpaired) electrons. The summed E-state index contributed by atoms with van der Waals surface area (Å²) in [6.45, 7) is 5.99. The maximum atomic E-state index is 12.9. The molecule has 0 bridgehead atoms. The van der Waals surface area contributed by atoms with Gasteiger partial charge in [0.15, 0.2) is 0 Å². The van der Waals surface area contributed by atoms with Crippen LogP contribution in [0.25, 0.3) is 22.3 Å². The number of hydrogen-bond donors (Lipinski definition) is 2. The van der Waals surface area contributed by atoms with Crippen molar-refractivity contribution in [1.82, 2.24) is 15.2 Å². The van der Waals surface area contributed by atoms with Crippen LogP contribution in [-0.2, 0) is 22.4 Å². The number of rotatable bonds is 3. The van der Waals surface area contributed by atoms with E-state index in [1.54, 1.807) is 4.90 Å². The van der Waals surface area contributed by atoms with Gasteiger partial charge in [0.05, 0.1) is 5.69 Å². The molecule has 158 valence electrons. The third-order valence-electron chi connectivity index (χ3n) is 6.81. The summed E-state index contributed by atoms with van der Waals surface area (Å²) in [4.78, 5) is 18.2. The van der Waals surface area contributed by atoms with Crippen LogP contribution in [0.15, 0.2) is 24.3 Å². The first-order chi connectivity index (χ1) is 14.4. The summed E-state index contributed by atoms with van der Waals surface area (Å²) in [5.41, 5.74) is 6.95. The molecule has 0 spiro atoms. The van der Waals surface area contributed by atoms with Gasteiger partial charge in [0.2, 0.25) is 5.91 Å². The van der Waals surface area contributed by atoms with Crippen molar-refractivity contribution in [3.8, 4) is 11.4 Å². The zero-order chi connectivity index (χ0) is 20.9. The van der Waals surface area contributed by atoms with E-state index < -0.39 is 0 Å². The Labute approximate surface area is 177 Å². The van der Waals surface area contributed by atoms with Crippen LogP contribution in [0.4, 0.5) is 5.69 Å². The van der Waals surface area contributed by atoms with E-state index in [1.807, 2.05) is 13.1 Å². The highest BCUT2D eigenvalue weighted by Gasteiger charge is 2.29. The Morgan fingerprint density at radius 2 is 2.03 bits per heavy atom. The SMILES string of the molecule is CN(C(=O)C1CCOCC1)c1ccc2cc(-c3n[nH]c4c3CCC(C)(C)C4)[nH]c2c1. The van der Waals surface area contributed by atoms with Crippen LogP contribution in [0.1, 0.15) is 44.4 Å². The van der Waals surface area contributed by atoms with Gasteiger partial charge in [-0.25, -0.2) is 0 Å². The van der Waals surface area contributed by atoms with E-state index in [-0.39, 0.29) is 11.8 Å². The van der Waals surface area contributed by atoms with Gasteiger partial charge in [-0.3, -0.25) is 9.89 Å². The van der Waals surface area contributed by atoms with Crippen molar-refractivity contribution in [3.05, 3.63) is 35.5 Å². The quantitative estimate of drug-likeness (QED) is 0.674. The largest absolute Gasteiger partial charge is 0.381 e. The topological polar surface area (TPSA) is 74.0 Å². The number of amides is 1. The molecule has 1 aliphatic carbocycles. The van der Waals surface area contributed by atoms with Gasteiger partial charge in [-0.05, 0) is 55.7 Å². The molecule has 0 atom stereocenters. The summed E-state index contributed by atoms with van der Waals surface area (Å²) in [6.07, 6.45) is 4.88. The van der Waals surface area contributed by atoms with E-state index in [2.05, 4.69) is 47.2 Å². The third kappa shape index (κ3) is 3.43. The Kier molecular flexibility index (Phi) is 4.69. The fourth-order valence-corrected chi connectivity index (χ4v) is 4.87. The average Bonchev–Trinajstić information content (AvgIpc) is 3.35. The number of nitrogens with zero attached hydrogens (tertiary/aromatic N) is 2. The summed E-state index contributed by atoms with van der Waals surface area (Å²) >= 11 is 0. The Hall–Kier alpha value is -2.60. The molecule has 0 saturated carbocycles. The number of carbonyl (C=O) groups is 1. The minimum absolute atomic E-state index is 0.0541. The molecule has 1 saturated heterocycles. The van der Waals surface area contributed by atoms with Gasteiger partial charge in [-0.2, -0.15) is 5.10 Å². The number of nitrogens with one attached hydrogen (secondary N) is 2. The minimum atomic E-state index is 0.0541. The molecule has 1 aliphatic heterocycles. The fourth-order valence-electron chi connectivity index (χ4n) is 4.87. The second-order valence-electron chi connectivity index (χ2n) is 9.61. The summed E-state index contributed by atoms with van der Waals surface area (Å²) in [5, 5.41) is 9.05. The van der Waals surface area contributed by atoms with Crippen LogP contribution in [-0.4, -0.2) is 41.3 Å². The molecule has 3 aromatic rings. The van der Waals surface area contributed by atoms with Crippen LogP contribution in [0.3, 0.4) is 0 Å². The lowest BCUT2D eigenvalue weighted by molar-refractivity contribution is -0.124. The van der Waals surface area contributed by atoms with Gasteiger partial charge in [-0.1, -0.05) is 19.9 Å². The number of fused-ring (bicyclic) bond motifs is 2. The standard InChI is InChI=1S/C24H30N4O2/c1-24(2)9-6-18-21(14-24)26-27-22(18)20-12-16-4-5-17(13-19(16)25-20)28(3)23(29)15-7-10-30-11-8-15/h4-5,12-13,15,25H,6-11,14H2,1-3H3,(H,26,27). The van der Waals surface area contributed by atoms with Crippen molar-refractivity contribution in [2.45, 2.75) is 46.0 Å². The Morgan fingerprint density at radius 1 is 1.23 bits per heavy atom. The highest BCUT2D eigenvalue weighted by molar-refractivity contribution is 5.97. The molecule has 1 fully saturated rings. The van der Waals surface area contributed by atoms with E-state index in [0.717, 1.165) is 53.7 Å². The number of hydrogen-bond acceptors (Lipinski definition) is 3. The number of anilines is 1. The highest BCUT2D eigenvalue weighted by atomic mass is 16.5. The first-order valence-electron chi connectivity index (χ1n) is 11.0. The van der Waals surface area contributed by atoms with E-state index in [9.17, 15) is 4.79 Å². The van der Waals surface area contributed by atoms with Crippen LogP contribution < -0.4 is 4.90 Å². The number of H-pyrrole nitrogens is 2. The van der Waals surface area contributed by atoms with E-state index in [4.69, 9.17) is 4.74 Å². The Morgan fingerprint density at radius 3 is 2.83 bits per heavy atom. The van der Waals surface area contributed by atoms with Crippen molar-refractivity contribution in [3.63, 3.8) is 0 Å². The molecule has 2 aliphatic rings. The van der Waals surface area contributed by atoms with E-state index in [1.165, 1.54) is 17.7 Å². The molecule has 1 amide bonds. The Balaban J connectivity index is 1.42. The van der Waals surface area contributed by atoms with Crippen LogP contribution in [0.2, 0.25) is 0 Å². The number of ether oxygens (including phenoxy) is 1. The second kappa shape index (κ2) is 7.27. The third-order valence-corrected chi connectivity index (χ3v) is 6.81. The van der Waals surface area contributed by atoms with Gasteiger partial charge in [0.25, 0.3) is 0 Å². The summed E-state index contributed by atoms with van der Waals surface area (Å²) in [6, 6.07) is 8.34. The van der Waals surface area contributed by atoms with Gasteiger partial charge in [0.1, 0.15) is 5.69 Å². The first kappa shape index (κ1) is 19.4. The van der Waals surface area contributed by atoms with Crippen molar-refractivity contribution >= 4 is 22.5 Å². The molecule has 6 nitrogen and oxygen atoms in total. The molecular formula is C24H30N4O2. The summed E-state index contributed by atoms with van der Waals surface area (Å²) in [5.74, 6) is 0.229. The Bertz CT molecular complexity index is 1090. The van der Waals surface area contributed by atoms with Crippen LogP contribution >= 0.6 is 0 Å². The number of carbonyl (C=O) groups excluding carboxylic acids is 1. The predicted molar refractivity (Wildman–Crippen MR) is 119 cm³/mol. The normalized spacial score (nSPS) is 19.0. The molecule has 1 aromatic carbocycles. The van der Waals surface area contributed by atoms with Gasteiger partial charge in [-0.15, -0.1) is 0 Å². The lowest BCUT2D eigenvalue weighted by Gasteiger charge is -2.28. The number of benzene rings is 1. The number of aromatic amines is 2. The second-order valence-corrected chi connectivity index (χ2v) is 9.61. The predicted octanol–water partition coefficient (Wildman–Crippen LogP) is 4.46. The van der Waals surface area contributed by atoms with Crippen molar-refractivity contribution in [2.24, 2.45) is 11.3 Å². The minimum Gasteiger partial charge on any atom is -0.381 e. The molecule has 5 rings (SSSR count). The average molecular weight is 407 g/mol. The van der Waals surface area contributed by atoms with Crippen LogP contribution in [0.5, 0.6) is 0 Å². The number of aromatic nitrogens is 3. The zero-order valence-electron chi connectivity index (χ0n) is 18.0. The molecule has 6 heteroatoms. The lowest BCUT2D eigenvalue weighted by Crippen LogP contribution is -2.35. The first-order valence-corrected chi connectivity index (χ1v) is 11.0. The summed E-state index contributed by atoms with van der Waals surface area (Å²) < 4.78 is 5.40. The maximum absolute atomic E-state index is 12.9. The van der Waals surface area contributed by atoms with E-state index >= 15 is 0 Å². The maximum Gasteiger partial charge on any atom is 0.230 e. The van der Waals surface area contributed by atoms with Crippen molar-refractivity contribution < 1.29 is 9.53 Å². The molecule has 3 heterocycles. The zero-order valence-corrected chi connectivity index (χ0v) is 18.0. The van der Waals surface area contributed by atoms with Crippen LogP contribution in [0, 0.1) is 11.3 Å². The van der Waals surface area contributed by atoms with Gasteiger partial charge in [0, 0.05) is 54.0 Å². The molecule has 2 N–H and O–H groups in total. The molecular weight excluding hydrogens is 376 g/mol. The fraction of sp³-hybridized carbons (Fsp3) is 0.500. The van der Waals surface area contributed by atoms with Gasteiger partial charge >= 0.3 is 0 Å². The molecule has 0 unspecified atom stereocenters. The monoisotopic (exact) mass is 406 g/mol. The smallest absolute Gasteiger partial charge is 0.230 e. The van der Waals surface area contributed by atoms with Crippen molar-refractivity contribution in [2.75, 3.05) is 25.2 Å².